The monoisotopic (exact) mass is 338 g/mol. The van der Waals surface area contributed by atoms with Crippen LogP contribution in [0.2, 0.25) is 0 Å². The average Bonchev–Trinajstić information content (AvgIpc) is 3.08. The molecular formula is C19H22N4O2. The summed E-state index contributed by atoms with van der Waals surface area (Å²) >= 11 is 0. The zero-order valence-corrected chi connectivity index (χ0v) is 14.1. The Labute approximate surface area is 147 Å². The Morgan fingerprint density at radius 1 is 1.08 bits per heavy atom. The lowest BCUT2D eigenvalue weighted by molar-refractivity contribution is 0.136. The van der Waals surface area contributed by atoms with Gasteiger partial charge in [-0.25, -0.2) is 4.79 Å². The second-order valence-electron chi connectivity index (χ2n) is 5.88. The number of hydrogen-bond acceptors (Lipinski definition) is 5. The molecule has 0 unspecified atom stereocenters. The molecule has 1 heterocycles. The predicted molar refractivity (Wildman–Crippen MR) is 95.8 cm³/mol. The zero-order valence-electron chi connectivity index (χ0n) is 14.1. The molecule has 0 saturated heterocycles. The Hall–Kier alpha value is -2.99. The van der Waals surface area contributed by atoms with Crippen molar-refractivity contribution in [3.63, 3.8) is 0 Å². The third-order valence-corrected chi connectivity index (χ3v) is 3.87. The van der Waals surface area contributed by atoms with Gasteiger partial charge in [-0.3, -0.25) is 5.01 Å². The summed E-state index contributed by atoms with van der Waals surface area (Å²) in [6.45, 7) is 0.245. The molecule has 1 aliphatic heterocycles. The molecule has 0 spiro atoms. The SMILES string of the molecule is CN1C=C([C@H](Cc2ccccc2)NC(=O)OCc2ccccc2)NN1. The Morgan fingerprint density at radius 3 is 2.32 bits per heavy atom. The molecule has 0 fully saturated rings. The van der Waals surface area contributed by atoms with Gasteiger partial charge in [-0.1, -0.05) is 60.7 Å². The van der Waals surface area contributed by atoms with Crippen LogP contribution in [-0.4, -0.2) is 24.2 Å². The first-order valence-electron chi connectivity index (χ1n) is 8.18. The van der Waals surface area contributed by atoms with E-state index in [-0.39, 0.29) is 12.6 Å². The Bertz CT molecular complexity index is 719. The molecule has 0 bridgehead atoms. The van der Waals surface area contributed by atoms with Gasteiger partial charge in [0.2, 0.25) is 0 Å². The minimum atomic E-state index is -0.443. The van der Waals surface area contributed by atoms with Gasteiger partial charge in [-0.2, -0.15) is 0 Å². The quantitative estimate of drug-likeness (QED) is 0.754. The van der Waals surface area contributed by atoms with Crippen LogP contribution in [0.5, 0.6) is 0 Å². The van der Waals surface area contributed by atoms with Crippen LogP contribution in [0, 0.1) is 0 Å². The van der Waals surface area contributed by atoms with E-state index >= 15 is 0 Å². The van der Waals surface area contributed by atoms with Crippen molar-refractivity contribution in [1.29, 1.82) is 0 Å². The van der Waals surface area contributed by atoms with E-state index in [1.54, 1.807) is 5.01 Å². The summed E-state index contributed by atoms with van der Waals surface area (Å²) in [6, 6.07) is 19.4. The number of alkyl carbamates (subject to hydrolysis) is 1. The van der Waals surface area contributed by atoms with E-state index < -0.39 is 6.09 Å². The first-order chi connectivity index (χ1) is 12.2. The summed E-state index contributed by atoms with van der Waals surface area (Å²) in [5, 5.41) is 4.74. The fourth-order valence-electron chi connectivity index (χ4n) is 2.60. The molecule has 1 atom stereocenters. The molecule has 0 saturated carbocycles. The first-order valence-corrected chi connectivity index (χ1v) is 8.18. The van der Waals surface area contributed by atoms with E-state index in [0.717, 1.165) is 16.8 Å². The van der Waals surface area contributed by atoms with Crippen LogP contribution in [0.3, 0.4) is 0 Å². The molecule has 6 heteroatoms. The van der Waals surface area contributed by atoms with Crippen molar-refractivity contribution in [2.75, 3.05) is 7.05 Å². The van der Waals surface area contributed by atoms with E-state index in [4.69, 9.17) is 4.74 Å². The molecule has 0 aromatic heterocycles. The number of ether oxygens (including phenoxy) is 1. The normalized spacial score (nSPS) is 14.4. The van der Waals surface area contributed by atoms with Crippen molar-refractivity contribution in [3.8, 4) is 0 Å². The number of rotatable bonds is 6. The van der Waals surface area contributed by atoms with Gasteiger partial charge in [0.1, 0.15) is 6.61 Å². The molecular weight excluding hydrogens is 316 g/mol. The minimum absolute atomic E-state index is 0.219. The third kappa shape index (κ3) is 4.99. The molecule has 0 radical (unpaired) electrons. The molecule has 130 valence electrons. The number of amides is 1. The van der Waals surface area contributed by atoms with Crippen molar-refractivity contribution in [2.45, 2.75) is 19.1 Å². The smallest absolute Gasteiger partial charge is 0.408 e. The molecule has 3 N–H and O–H groups in total. The van der Waals surface area contributed by atoms with Gasteiger partial charge in [-0.15, -0.1) is 5.53 Å². The lowest BCUT2D eigenvalue weighted by atomic mass is 10.0. The molecule has 0 aliphatic carbocycles. The van der Waals surface area contributed by atoms with Gasteiger partial charge in [0.15, 0.2) is 0 Å². The van der Waals surface area contributed by atoms with Crippen molar-refractivity contribution in [3.05, 3.63) is 83.7 Å². The summed E-state index contributed by atoms with van der Waals surface area (Å²) in [5.74, 6) is 0. The summed E-state index contributed by atoms with van der Waals surface area (Å²) in [6.07, 6.45) is 2.13. The average molecular weight is 338 g/mol. The summed E-state index contributed by atoms with van der Waals surface area (Å²) in [5.41, 5.74) is 9.00. The van der Waals surface area contributed by atoms with Crippen LogP contribution < -0.4 is 16.3 Å². The minimum Gasteiger partial charge on any atom is -0.445 e. The maximum absolute atomic E-state index is 12.2. The third-order valence-electron chi connectivity index (χ3n) is 3.87. The summed E-state index contributed by atoms with van der Waals surface area (Å²) in [7, 11) is 1.88. The molecule has 3 rings (SSSR count). The Balaban J connectivity index is 1.62. The maximum atomic E-state index is 12.2. The van der Waals surface area contributed by atoms with E-state index in [1.807, 2.05) is 73.9 Å². The number of nitrogens with zero attached hydrogens (tertiary/aromatic N) is 1. The number of nitrogens with one attached hydrogen (secondary N) is 3. The van der Waals surface area contributed by atoms with Gasteiger partial charge in [0.05, 0.1) is 11.7 Å². The highest BCUT2D eigenvalue weighted by molar-refractivity contribution is 5.68. The van der Waals surface area contributed by atoms with Crippen molar-refractivity contribution < 1.29 is 9.53 Å². The summed E-state index contributed by atoms with van der Waals surface area (Å²) < 4.78 is 5.34. The molecule has 25 heavy (non-hydrogen) atoms. The molecule has 2 aromatic rings. The standard InChI is InChI=1S/C19H22N4O2/c1-23-13-18(21-22-23)17(12-15-8-4-2-5-9-15)20-19(24)25-14-16-10-6-3-7-11-16/h2-11,13,17,21-22H,12,14H2,1H3,(H,20,24)/t17-/m0/s1. The highest BCUT2D eigenvalue weighted by Gasteiger charge is 2.22. The second kappa shape index (κ2) is 8.21. The van der Waals surface area contributed by atoms with Gasteiger partial charge < -0.3 is 15.5 Å². The van der Waals surface area contributed by atoms with Crippen LogP contribution in [0.1, 0.15) is 11.1 Å². The van der Waals surface area contributed by atoms with E-state index in [0.29, 0.717) is 6.42 Å². The zero-order chi connectivity index (χ0) is 17.5. The van der Waals surface area contributed by atoms with Crippen molar-refractivity contribution in [2.24, 2.45) is 0 Å². The molecule has 1 aliphatic rings. The van der Waals surface area contributed by atoms with Gasteiger partial charge >= 0.3 is 6.09 Å². The first kappa shape index (κ1) is 16.9. The number of carbonyl (C=O) groups is 1. The highest BCUT2D eigenvalue weighted by atomic mass is 16.5. The maximum Gasteiger partial charge on any atom is 0.408 e. The Morgan fingerprint density at radius 2 is 1.72 bits per heavy atom. The van der Waals surface area contributed by atoms with Crippen LogP contribution >= 0.6 is 0 Å². The number of carbonyl (C=O) groups excluding carboxylic acids is 1. The van der Waals surface area contributed by atoms with Crippen molar-refractivity contribution in [1.82, 2.24) is 21.3 Å². The lowest BCUT2D eigenvalue weighted by Gasteiger charge is -2.19. The van der Waals surface area contributed by atoms with E-state index in [2.05, 4.69) is 16.3 Å². The van der Waals surface area contributed by atoms with Crippen LogP contribution in [-0.2, 0) is 17.8 Å². The fraction of sp³-hybridized carbons (Fsp3) is 0.211. The van der Waals surface area contributed by atoms with Gasteiger partial charge in [0, 0.05) is 13.2 Å². The van der Waals surface area contributed by atoms with E-state index in [9.17, 15) is 4.79 Å². The lowest BCUT2D eigenvalue weighted by Crippen LogP contribution is -2.43. The summed E-state index contributed by atoms with van der Waals surface area (Å²) in [4.78, 5) is 12.2. The highest BCUT2D eigenvalue weighted by Crippen LogP contribution is 2.11. The van der Waals surface area contributed by atoms with Gasteiger partial charge in [0.25, 0.3) is 0 Å². The fourth-order valence-corrected chi connectivity index (χ4v) is 2.60. The predicted octanol–water partition coefficient (Wildman–Crippen LogP) is 2.32. The number of hydrazine groups is 2. The molecule has 6 nitrogen and oxygen atoms in total. The second-order valence-corrected chi connectivity index (χ2v) is 5.88. The molecule has 2 aromatic carbocycles. The van der Waals surface area contributed by atoms with Crippen molar-refractivity contribution >= 4 is 6.09 Å². The Kier molecular flexibility index (Phi) is 5.53. The van der Waals surface area contributed by atoms with Crippen LogP contribution in [0.25, 0.3) is 0 Å². The van der Waals surface area contributed by atoms with E-state index in [1.165, 1.54) is 0 Å². The number of benzene rings is 2. The molecule has 1 amide bonds. The largest absolute Gasteiger partial charge is 0.445 e. The van der Waals surface area contributed by atoms with Crippen LogP contribution in [0.15, 0.2) is 72.6 Å². The van der Waals surface area contributed by atoms with Crippen LogP contribution in [0.4, 0.5) is 4.79 Å². The number of hydrogen-bond donors (Lipinski definition) is 3. The topological polar surface area (TPSA) is 65.6 Å². The van der Waals surface area contributed by atoms with Gasteiger partial charge in [-0.05, 0) is 17.5 Å².